The number of hydrogen-bond donors (Lipinski definition) is 0. The number of ether oxygens (including phenoxy) is 2. The van der Waals surface area contributed by atoms with Gasteiger partial charge in [0.05, 0.1) is 27.7 Å². The smallest absolute Gasteiger partial charge is 0.306 e. The van der Waals surface area contributed by atoms with E-state index in [0.717, 1.165) is 109 Å². The van der Waals surface area contributed by atoms with Crippen LogP contribution in [0.15, 0.2) is 170 Å². The summed E-state index contributed by atoms with van der Waals surface area (Å²) in [6.07, 6.45) is 105. The van der Waals surface area contributed by atoms with Gasteiger partial charge in [0.25, 0.3) is 7.82 Å². The van der Waals surface area contributed by atoms with Crippen molar-refractivity contribution >= 4 is 19.8 Å². The van der Waals surface area contributed by atoms with Gasteiger partial charge in [-0.1, -0.05) is 306 Å². The summed E-state index contributed by atoms with van der Waals surface area (Å²) in [6.45, 7) is 3.94. The van der Waals surface area contributed by atoms with Gasteiger partial charge >= 0.3 is 11.9 Å². The van der Waals surface area contributed by atoms with Gasteiger partial charge in [-0.2, -0.15) is 0 Å². The highest BCUT2D eigenvalue weighted by molar-refractivity contribution is 7.45. The van der Waals surface area contributed by atoms with Crippen LogP contribution in [0.5, 0.6) is 0 Å². The summed E-state index contributed by atoms with van der Waals surface area (Å²) in [6, 6.07) is 0. The van der Waals surface area contributed by atoms with E-state index in [4.69, 9.17) is 18.5 Å². The molecule has 0 radical (unpaired) electrons. The molecule has 2 unspecified atom stereocenters. The first-order chi connectivity index (χ1) is 44.0. The predicted molar refractivity (Wildman–Crippen MR) is 387 cm³/mol. The number of phosphoric ester groups is 1. The summed E-state index contributed by atoms with van der Waals surface area (Å²) in [5.74, 6) is -0.907. The SMILES string of the molecule is CC/C=C\C/C=C\C/C=C\C/C=C\C/C=C\C/C=C\C/C=C\C/C=C\C/C=C\CCCC(=O)OC(COC(=O)CCCCCCCCCCCCCCCCCCCCCCC/C=C\C/C=C\C/C=C\C/C=C\C/C=C\CC)COP(=O)([O-])OCC[N+](C)(C)C. The van der Waals surface area contributed by atoms with Crippen LogP contribution in [-0.2, 0) is 32.7 Å². The summed E-state index contributed by atoms with van der Waals surface area (Å²) in [4.78, 5) is 38.1. The molecule has 0 aliphatic heterocycles. The molecule has 10 heteroatoms. The number of quaternary nitrogens is 1. The molecule has 9 nitrogen and oxygen atoms in total. The van der Waals surface area contributed by atoms with Crippen LogP contribution in [0, 0.1) is 0 Å². The second-order valence-electron chi connectivity index (χ2n) is 24.5. The number of nitrogens with zero attached hydrogens (tertiary/aromatic N) is 1. The molecular weight excluding hydrogens is 1130 g/mol. The Morgan fingerprint density at radius 3 is 0.922 bits per heavy atom. The number of esters is 2. The van der Waals surface area contributed by atoms with Gasteiger partial charge in [-0.15, -0.1) is 0 Å². The average molecular weight is 1270 g/mol. The molecule has 0 amide bonds. The topological polar surface area (TPSA) is 111 Å². The molecular formula is C80H132NO8P. The van der Waals surface area contributed by atoms with Crippen LogP contribution in [0.2, 0.25) is 0 Å². The zero-order valence-electron chi connectivity index (χ0n) is 58.0. The highest BCUT2D eigenvalue weighted by atomic mass is 31.2. The maximum Gasteiger partial charge on any atom is 0.306 e. The van der Waals surface area contributed by atoms with Crippen LogP contribution >= 0.6 is 7.82 Å². The number of unbranched alkanes of at least 4 members (excludes halogenated alkanes) is 22. The Morgan fingerprint density at radius 1 is 0.344 bits per heavy atom. The van der Waals surface area contributed by atoms with Crippen molar-refractivity contribution in [3.8, 4) is 0 Å². The number of phosphoric acid groups is 1. The van der Waals surface area contributed by atoms with E-state index in [0.29, 0.717) is 23.9 Å². The number of rotatable bonds is 64. The minimum Gasteiger partial charge on any atom is -0.756 e. The van der Waals surface area contributed by atoms with Crippen LogP contribution in [0.1, 0.15) is 271 Å². The Balaban J connectivity index is 4.11. The summed E-state index contributed by atoms with van der Waals surface area (Å²) in [5, 5.41) is 0. The number of allylic oxidation sites excluding steroid dienone is 28. The summed E-state index contributed by atoms with van der Waals surface area (Å²) >= 11 is 0. The molecule has 0 aliphatic rings. The van der Waals surface area contributed by atoms with E-state index in [1.165, 1.54) is 122 Å². The molecule has 0 saturated heterocycles. The van der Waals surface area contributed by atoms with Crippen LogP contribution in [0.25, 0.3) is 0 Å². The monoisotopic (exact) mass is 1270 g/mol. The first kappa shape index (κ1) is 85.4. The minimum atomic E-state index is -4.67. The molecule has 0 aromatic rings. The highest BCUT2D eigenvalue weighted by Gasteiger charge is 2.22. The molecule has 0 aliphatic carbocycles. The molecule has 0 rings (SSSR count). The Morgan fingerprint density at radius 2 is 0.611 bits per heavy atom. The second-order valence-corrected chi connectivity index (χ2v) is 25.9. The highest BCUT2D eigenvalue weighted by Crippen LogP contribution is 2.38. The van der Waals surface area contributed by atoms with E-state index in [2.05, 4.69) is 178 Å². The van der Waals surface area contributed by atoms with Gasteiger partial charge in [-0.05, 0) is 122 Å². The molecule has 0 heterocycles. The van der Waals surface area contributed by atoms with Crippen molar-refractivity contribution in [2.45, 2.75) is 277 Å². The molecule has 90 heavy (non-hydrogen) atoms. The van der Waals surface area contributed by atoms with E-state index in [-0.39, 0.29) is 26.1 Å². The van der Waals surface area contributed by atoms with Crippen LogP contribution in [0.4, 0.5) is 0 Å². The summed E-state index contributed by atoms with van der Waals surface area (Å²) in [7, 11) is 1.11. The molecule has 2 atom stereocenters. The summed E-state index contributed by atoms with van der Waals surface area (Å²) < 4.78 is 34.2. The maximum atomic E-state index is 12.8. The Bertz CT molecular complexity index is 2130. The van der Waals surface area contributed by atoms with Crippen molar-refractivity contribution in [1.82, 2.24) is 0 Å². The second kappa shape index (κ2) is 68.7. The van der Waals surface area contributed by atoms with E-state index in [1.54, 1.807) is 0 Å². The van der Waals surface area contributed by atoms with E-state index in [1.807, 2.05) is 27.2 Å². The first-order valence-electron chi connectivity index (χ1n) is 35.8. The van der Waals surface area contributed by atoms with Crippen LogP contribution in [-0.4, -0.2) is 70.0 Å². The Labute approximate surface area is 553 Å². The zero-order valence-corrected chi connectivity index (χ0v) is 58.9. The standard InChI is InChI=1S/C80H132NO8P/c1-6-8-10-12-14-16-18-20-22-24-26-28-30-32-34-36-37-38-39-40-41-42-43-45-46-48-50-52-54-56-58-60-62-64-66-68-70-72-79(82)86-76-78(77-88-90(84,85)87-75-74-81(3,4)5)89-80(83)73-71-69-67-65-63-61-59-57-55-53-51-49-47-44-35-33-31-29-27-25-23-21-19-17-15-13-11-9-7-2/h8-11,14-17,20-23,26-29,32-35,47,49,53,55,59,61,65,67,78H,6-7,12-13,18-19,24-25,30-31,36-46,48,50-52,54,56-58,60,62-64,66,68-77H2,1-5H3/b10-8-,11-9-,16-14-,17-15-,22-20-,23-21-,28-26-,29-27-,34-32-,35-33-,49-47-,55-53-,61-59-,67-65-. The number of likely N-dealkylation sites (N-methyl/N-ethyl adjacent to an activating group) is 1. The first-order valence-corrected chi connectivity index (χ1v) is 37.3. The third kappa shape index (κ3) is 72.4. The average Bonchev–Trinajstić information content (AvgIpc) is 3.58. The van der Waals surface area contributed by atoms with Crippen molar-refractivity contribution in [1.29, 1.82) is 0 Å². The molecule has 0 N–H and O–H groups in total. The van der Waals surface area contributed by atoms with Crippen molar-refractivity contribution in [3.05, 3.63) is 170 Å². The minimum absolute atomic E-state index is 0.0494. The number of carbonyl (C=O) groups excluding carboxylic acids is 2. The van der Waals surface area contributed by atoms with Crippen molar-refractivity contribution in [2.75, 3.05) is 47.5 Å². The van der Waals surface area contributed by atoms with Gasteiger partial charge in [0.15, 0.2) is 6.10 Å². The molecule has 510 valence electrons. The lowest BCUT2D eigenvalue weighted by molar-refractivity contribution is -0.870. The lowest BCUT2D eigenvalue weighted by atomic mass is 10.0. The van der Waals surface area contributed by atoms with E-state index in [9.17, 15) is 19.0 Å². The normalized spacial score (nSPS) is 14.2. The van der Waals surface area contributed by atoms with Gasteiger partial charge in [-0.3, -0.25) is 14.2 Å². The third-order valence-electron chi connectivity index (χ3n) is 14.7. The fourth-order valence-electron chi connectivity index (χ4n) is 9.33. The van der Waals surface area contributed by atoms with Gasteiger partial charge < -0.3 is 27.9 Å². The van der Waals surface area contributed by atoms with Crippen LogP contribution in [0.3, 0.4) is 0 Å². The predicted octanol–water partition coefficient (Wildman–Crippen LogP) is 23.1. The molecule has 0 aromatic heterocycles. The van der Waals surface area contributed by atoms with Crippen molar-refractivity contribution in [3.63, 3.8) is 0 Å². The third-order valence-corrected chi connectivity index (χ3v) is 15.7. The molecule has 0 saturated carbocycles. The quantitative estimate of drug-likeness (QED) is 0.0195. The Kier molecular flexibility index (Phi) is 65.2. The van der Waals surface area contributed by atoms with E-state index < -0.39 is 32.5 Å². The largest absolute Gasteiger partial charge is 0.756 e. The Hall–Kier alpha value is -4.63. The fourth-order valence-corrected chi connectivity index (χ4v) is 10.1. The van der Waals surface area contributed by atoms with Crippen molar-refractivity contribution in [2.24, 2.45) is 0 Å². The van der Waals surface area contributed by atoms with Gasteiger partial charge in [0.1, 0.15) is 19.8 Å². The molecule has 0 spiro atoms. The lowest BCUT2D eigenvalue weighted by Crippen LogP contribution is -2.37. The van der Waals surface area contributed by atoms with Gasteiger partial charge in [0, 0.05) is 12.8 Å². The van der Waals surface area contributed by atoms with Crippen LogP contribution < -0.4 is 4.89 Å². The number of carbonyl (C=O) groups is 2. The van der Waals surface area contributed by atoms with E-state index >= 15 is 0 Å². The van der Waals surface area contributed by atoms with Gasteiger partial charge in [-0.25, -0.2) is 0 Å². The molecule has 0 bridgehead atoms. The maximum absolute atomic E-state index is 12.8. The lowest BCUT2D eigenvalue weighted by Gasteiger charge is -2.28. The van der Waals surface area contributed by atoms with Gasteiger partial charge in [0.2, 0.25) is 0 Å². The molecule has 0 aromatic carbocycles. The fraction of sp³-hybridized carbons (Fsp3) is 0.625. The number of hydrogen-bond acceptors (Lipinski definition) is 8. The summed E-state index contributed by atoms with van der Waals surface area (Å²) in [5.41, 5.74) is 0. The zero-order chi connectivity index (χ0) is 65.5. The van der Waals surface area contributed by atoms with Crippen molar-refractivity contribution < 1.29 is 42.1 Å². The molecule has 0 fully saturated rings.